The quantitative estimate of drug-likeness (QED) is 0.483. The van der Waals surface area contributed by atoms with E-state index < -0.39 is 0 Å². The van der Waals surface area contributed by atoms with Gasteiger partial charge in [0.15, 0.2) is 5.75 Å². The zero-order chi connectivity index (χ0) is 16.0. The molecule has 9 heteroatoms. The molecule has 3 aromatic rings. The van der Waals surface area contributed by atoms with Crippen LogP contribution in [0.4, 0.5) is 11.4 Å². The average Bonchev–Trinajstić information content (AvgIpc) is 3.01. The van der Waals surface area contributed by atoms with Crippen molar-refractivity contribution < 1.29 is 5.11 Å². The molecular weight excluding hydrogens is 357 g/mol. The minimum atomic E-state index is -0.132. The topological polar surface area (TPSA) is 85.3 Å². The number of anilines is 1. The van der Waals surface area contributed by atoms with E-state index in [1.807, 2.05) is 18.2 Å². The van der Waals surface area contributed by atoms with Gasteiger partial charge in [0, 0.05) is 11.1 Å². The molecule has 1 aliphatic rings. The van der Waals surface area contributed by atoms with Crippen molar-refractivity contribution in [1.29, 1.82) is 0 Å². The Hall–Kier alpha value is -2.09. The molecule has 0 atom stereocenters. The Morgan fingerprint density at radius 1 is 1.22 bits per heavy atom. The van der Waals surface area contributed by atoms with Crippen molar-refractivity contribution in [2.24, 2.45) is 4.99 Å². The summed E-state index contributed by atoms with van der Waals surface area (Å²) in [5.74, 6) is 0.354. The van der Waals surface area contributed by atoms with Crippen LogP contribution in [-0.4, -0.2) is 21.3 Å². The van der Waals surface area contributed by atoms with Gasteiger partial charge < -0.3 is 10.4 Å². The first kappa shape index (κ1) is 14.5. The van der Waals surface area contributed by atoms with E-state index in [4.69, 9.17) is 23.2 Å². The Balaban J connectivity index is 1.69. The van der Waals surface area contributed by atoms with E-state index in [1.165, 1.54) is 11.9 Å². The van der Waals surface area contributed by atoms with E-state index in [9.17, 15) is 5.11 Å². The number of aromatic amines is 1. The third-order valence-corrected chi connectivity index (χ3v) is 4.92. The molecule has 6 nitrogen and oxygen atoms in total. The van der Waals surface area contributed by atoms with Crippen molar-refractivity contribution in [2.45, 2.75) is 4.90 Å². The van der Waals surface area contributed by atoms with Crippen LogP contribution in [0, 0.1) is 0 Å². The normalized spacial score (nSPS) is 13.4. The first-order valence-corrected chi connectivity index (χ1v) is 8.12. The molecule has 0 saturated heterocycles. The summed E-state index contributed by atoms with van der Waals surface area (Å²) < 4.78 is 3.06. The molecule has 116 valence electrons. The molecule has 4 N–H and O–H groups in total. The monoisotopic (exact) mass is 365 g/mol. The van der Waals surface area contributed by atoms with Gasteiger partial charge in [-0.3, -0.25) is 9.82 Å². The SMILES string of the molecule is Oc1c(Cl)c(Cl)cc2c1N=C(Nc1ccc3[nH]ncc3c1)NS2. The Morgan fingerprint density at radius 3 is 2.96 bits per heavy atom. The lowest BCUT2D eigenvalue weighted by molar-refractivity contribution is 0.475. The highest BCUT2D eigenvalue weighted by molar-refractivity contribution is 7.98. The molecular formula is C14H9Cl2N5OS. The molecule has 0 bridgehead atoms. The number of benzene rings is 2. The molecule has 0 unspecified atom stereocenters. The first-order valence-electron chi connectivity index (χ1n) is 6.54. The van der Waals surface area contributed by atoms with Gasteiger partial charge in [-0.2, -0.15) is 5.10 Å². The minimum absolute atomic E-state index is 0.0934. The number of nitrogens with zero attached hydrogens (tertiary/aromatic N) is 2. The van der Waals surface area contributed by atoms with Gasteiger partial charge >= 0.3 is 0 Å². The summed E-state index contributed by atoms with van der Waals surface area (Å²) in [7, 11) is 0. The molecule has 0 radical (unpaired) electrons. The number of rotatable bonds is 1. The zero-order valence-corrected chi connectivity index (χ0v) is 13.7. The van der Waals surface area contributed by atoms with Crippen molar-refractivity contribution in [2.75, 3.05) is 5.32 Å². The van der Waals surface area contributed by atoms with Crippen molar-refractivity contribution in [1.82, 2.24) is 14.9 Å². The van der Waals surface area contributed by atoms with Gasteiger partial charge in [0.25, 0.3) is 0 Å². The number of aromatic nitrogens is 2. The molecule has 1 aliphatic heterocycles. The molecule has 0 saturated carbocycles. The summed E-state index contributed by atoms with van der Waals surface area (Å²) in [6.45, 7) is 0. The molecule has 0 spiro atoms. The van der Waals surface area contributed by atoms with Gasteiger partial charge in [-0.1, -0.05) is 23.2 Å². The second-order valence-corrected chi connectivity index (χ2v) is 6.46. The fourth-order valence-corrected chi connectivity index (χ4v) is 3.34. The number of phenols is 1. The van der Waals surface area contributed by atoms with E-state index >= 15 is 0 Å². The number of phenolic OH excluding ortho intramolecular Hbond substituents is 1. The summed E-state index contributed by atoms with van der Waals surface area (Å²) in [5.41, 5.74) is 2.18. The number of hydrogen-bond donors (Lipinski definition) is 4. The molecule has 4 rings (SSSR count). The van der Waals surface area contributed by atoms with Gasteiger partial charge in [0.1, 0.15) is 10.7 Å². The van der Waals surface area contributed by atoms with Crippen LogP contribution >= 0.6 is 35.1 Å². The van der Waals surface area contributed by atoms with Gasteiger partial charge in [-0.15, -0.1) is 0 Å². The highest BCUT2D eigenvalue weighted by Gasteiger charge is 2.20. The Kier molecular flexibility index (Phi) is 3.48. The molecule has 2 aromatic carbocycles. The highest BCUT2D eigenvalue weighted by atomic mass is 35.5. The van der Waals surface area contributed by atoms with Crippen molar-refractivity contribution in [3.8, 4) is 5.75 Å². The highest BCUT2D eigenvalue weighted by Crippen LogP contribution is 2.46. The zero-order valence-electron chi connectivity index (χ0n) is 11.4. The molecule has 2 heterocycles. The number of fused-ring (bicyclic) bond motifs is 2. The largest absolute Gasteiger partial charge is 0.504 e. The lowest BCUT2D eigenvalue weighted by atomic mass is 10.2. The molecule has 0 fully saturated rings. The Bertz CT molecular complexity index is 956. The molecule has 23 heavy (non-hydrogen) atoms. The maximum atomic E-state index is 10.1. The Labute approximate surface area is 145 Å². The maximum Gasteiger partial charge on any atom is 0.211 e. The van der Waals surface area contributed by atoms with E-state index in [-0.39, 0.29) is 15.8 Å². The van der Waals surface area contributed by atoms with Crippen LogP contribution in [0.2, 0.25) is 10.0 Å². The van der Waals surface area contributed by atoms with Crippen molar-refractivity contribution in [3.63, 3.8) is 0 Å². The third kappa shape index (κ3) is 2.56. The standard InChI is InChI=1S/C14H9Cl2N5OS/c15-8-4-10-12(13(22)11(8)16)19-14(21-23-10)18-7-1-2-9-6(3-7)5-17-20-9/h1-5,22H,(H,17,20)(H2,18,19,21). The predicted molar refractivity (Wildman–Crippen MR) is 93.9 cm³/mol. The lowest BCUT2D eigenvalue weighted by Gasteiger charge is -2.19. The van der Waals surface area contributed by atoms with E-state index in [0.29, 0.717) is 16.5 Å². The number of hydrogen-bond acceptors (Lipinski definition) is 6. The number of guanidine groups is 1. The number of nitrogens with one attached hydrogen (secondary N) is 3. The van der Waals surface area contributed by atoms with Crippen molar-refractivity contribution >= 4 is 63.4 Å². The molecule has 0 aliphatic carbocycles. The smallest absolute Gasteiger partial charge is 0.211 e. The van der Waals surface area contributed by atoms with Crippen LogP contribution in [0.15, 0.2) is 40.4 Å². The van der Waals surface area contributed by atoms with E-state index in [1.54, 1.807) is 12.3 Å². The summed E-state index contributed by atoms with van der Waals surface area (Å²) in [6.07, 6.45) is 1.74. The fourth-order valence-electron chi connectivity index (χ4n) is 2.22. The van der Waals surface area contributed by atoms with E-state index in [0.717, 1.165) is 16.6 Å². The number of aromatic hydroxyl groups is 1. The second kappa shape index (κ2) is 5.52. The number of H-pyrrole nitrogens is 1. The summed E-state index contributed by atoms with van der Waals surface area (Å²) in [5, 5.41) is 21.5. The van der Waals surface area contributed by atoms with Crippen LogP contribution in [0.25, 0.3) is 10.9 Å². The number of aliphatic imine (C=N–C) groups is 1. The summed E-state index contributed by atoms with van der Waals surface area (Å²) >= 11 is 13.2. The van der Waals surface area contributed by atoms with Crippen LogP contribution in [0.5, 0.6) is 5.75 Å². The van der Waals surface area contributed by atoms with E-state index in [2.05, 4.69) is 25.2 Å². The van der Waals surface area contributed by atoms with Gasteiger partial charge in [0.2, 0.25) is 5.96 Å². The van der Waals surface area contributed by atoms with Gasteiger partial charge in [-0.25, -0.2) is 4.99 Å². The van der Waals surface area contributed by atoms with Crippen LogP contribution in [0.3, 0.4) is 0 Å². The molecule has 0 amide bonds. The maximum absolute atomic E-state index is 10.1. The van der Waals surface area contributed by atoms with Crippen molar-refractivity contribution in [3.05, 3.63) is 40.5 Å². The fraction of sp³-hybridized carbons (Fsp3) is 0. The van der Waals surface area contributed by atoms with Crippen LogP contribution in [0.1, 0.15) is 0 Å². The average molecular weight is 366 g/mol. The lowest BCUT2D eigenvalue weighted by Crippen LogP contribution is -2.26. The second-order valence-electron chi connectivity index (χ2n) is 4.83. The molecule has 1 aromatic heterocycles. The van der Waals surface area contributed by atoms with Gasteiger partial charge in [-0.05, 0) is 36.2 Å². The van der Waals surface area contributed by atoms with Crippen LogP contribution in [-0.2, 0) is 0 Å². The summed E-state index contributed by atoms with van der Waals surface area (Å²) in [4.78, 5) is 5.07. The minimum Gasteiger partial charge on any atom is -0.504 e. The first-order chi connectivity index (χ1) is 11.1. The number of halogens is 2. The predicted octanol–water partition coefficient (Wildman–Crippen LogP) is 4.29. The van der Waals surface area contributed by atoms with Crippen LogP contribution < -0.4 is 10.0 Å². The Morgan fingerprint density at radius 2 is 2.09 bits per heavy atom. The third-order valence-electron chi connectivity index (χ3n) is 3.32. The summed E-state index contributed by atoms with van der Waals surface area (Å²) in [6, 6.07) is 7.43. The van der Waals surface area contributed by atoms with Gasteiger partial charge in [0.05, 0.1) is 21.6 Å².